The summed E-state index contributed by atoms with van der Waals surface area (Å²) in [6, 6.07) is 3.06. The van der Waals surface area contributed by atoms with Gasteiger partial charge in [-0.2, -0.15) is 0 Å². The van der Waals surface area contributed by atoms with Crippen LogP contribution in [0.15, 0.2) is 29.9 Å². The zero-order valence-electron chi connectivity index (χ0n) is 20.4. The first-order chi connectivity index (χ1) is 17.6. The number of nitrogens with one attached hydrogen (secondary N) is 2. The topological polar surface area (TPSA) is 137 Å². The number of hydrogen-bond donors (Lipinski definition) is 4. The molecule has 3 heterocycles. The number of fused-ring (bicyclic) bond motifs is 2. The Morgan fingerprint density at radius 2 is 2.03 bits per heavy atom. The second kappa shape index (κ2) is 10.0. The van der Waals surface area contributed by atoms with Gasteiger partial charge < -0.3 is 15.5 Å². The number of hydrogen-bond acceptors (Lipinski definition) is 9. The minimum absolute atomic E-state index is 0.0816. The molecular weight excluding hydrogens is 534 g/mol. The fourth-order valence-electron chi connectivity index (χ4n) is 6.05. The van der Waals surface area contributed by atoms with Gasteiger partial charge in [-0.25, -0.2) is 15.0 Å². The number of aromatic nitrogens is 3. The lowest BCUT2D eigenvalue weighted by atomic mass is 9.47. The van der Waals surface area contributed by atoms with Crippen LogP contribution in [-0.4, -0.2) is 49.7 Å². The molecule has 5 rings (SSSR count). The third kappa shape index (κ3) is 4.79. The summed E-state index contributed by atoms with van der Waals surface area (Å²) in [5.41, 5.74) is 0.0373. The van der Waals surface area contributed by atoms with Crippen LogP contribution in [0, 0.1) is 16.7 Å². The van der Waals surface area contributed by atoms with Crippen molar-refractivity contribution < 1.29 is 19.8 Å². The molecule has 0 aliphatic heterocycles. The van der Waals surface area contributed by atoms with Gasteiger partial charge in [0.05, 0.1) is 18.4 Å². The monoisotopic (exact) mass is 561 g/mol. The molecule has 0 spiro atoms. The van der Waals surface area contributed by atoms with Gasteiger partial charge in [0.2, 0.25) is 5.91 Å². The number of nitrogens with zero attached hydrogens (tertiary/aromatic N) is 3. The molecular formula is C25H28ClN5O4S2. The molecule has 2 aliphatic rings. The van der Waals surface area contributed by atoms with E-state index in [1.165, 1.54) is 34.9 Å². The van der Waals surface area contributed by atoms with Crippen LogP contribution in [0.2, 0.25) is 5.15 Å². The summed E-state index contributed by atoms with van der Waals surface area (Å²) in [5, 5.41) is 30.0. The minimum Gasteiger partial charge on any atom is -0.396 e. The molecule has 1 fully saturated rings. The zero-order valence-corrected chi connectivity index (χ0v) is 22.8. The zero-order chi connectivity index (χ0) is 26.4. The first kappa shape index (κ1) is 26.2. The maximum Gasteiger partial charge on any atom is 0.257 e. The van der Waals surface area contributed by atoms with Crippen molar-refractivity contribution in [3.8, 4) is 0 Å². The van der Waals surface area contributed by atoms with Crippen molar-refractivity contribution in [3.05, 3.63) is 51.2 Å². The van der Waals surface area contributed by atoms with E-state index in [9.17, 15) is 19.8 Å². The van der Waals surface area contributed by atoms with Gasteiger partial charge in [0.25, 0.3) is 5.91 Å². The van der Waals surface area contributed by atoms with Crippen LogP contribution in [0.1, 0.15) is 60.0 Å². The highest BCUT2D eigenvalue weighted by Crippen LogP contribution is 2.62. The Bertz CT molecular complexity index is 1320. The maximum atomic E-state index is 13.1. The van der Waals surface area contributed by atoms with E-state index in [0.29, 0.717) is 35.1 Å². The molecule has 5 unspecified atom stereocenters. The summed E-state index contributed by atoms with van der Waals surface area (Å²) < 4.78 is 0. The molecule has 4 N–H and O–H groups in total. The molecule has 9 nitrogen and oxygen atoms in total. The highest BCUT2D eigenvalue weighted by Gasteiger charge is 2.59. The Balaban J connectivity index is 1.50. The van der Waals surface area contributed by atoms with E-state index < -0.39 is 16.9 Å². The van der Waals surface area contributed by atoms with Crippen molar-refractivity contribution in [1.29, 1.82) is 0 Å². The van der Waals surface area contributed by atoms with E-state index in [-0.39, 0.29) is 41.8 Å². The summed E-state index contributed by atoms with van der Waals surface area (Å²) in [7, 11) is 0. The summed E-state index contributed by atoms with van der Waals surface area (Å²) >= 11 is 8.66. The second-order valence-corrected chi connectivity index (χ2v) is 12.6. The number of aliphatic hydroxyl groups is 2. The van der Waals surface area contributed by atoms with Gasteiger partial charge >= 0.3 is 0 Å². The van der Waals surface area contributed by atoms with Crippen LogP contribution >= 0.6 is 34.3 Å². The number of thiazole rings is 2. The molecule has 2 aliphatic carbocycles. The maximum absolute atomic E-state index is 13.1. The smallest absolute Gasteiger partial charge is 0.257 e. The molecule has 12 heteroatoms. The number of rotatable bonds is 6. The van der Waals surface area contributed by atoms with Crippen LogP contribution in [0.4, 0.5) is 10.3 Å². The van der Waals surface area contributed by atoms with Crippen molar-refractivity contribution in [2.45, 2.75) is 51.6 Å². The summed E-state index contributed by atoms with van der Waals surface area (Å²) in [6.07, 6.45) is 4.45. The number of halogens is 1. The Hall–Kier alpha value is -2.44. The summed E-state index contributed by atoms with van der Waals surface area (Å²) in [5.74, 6) is -0.874. The highest BCUT2D eigenvalue weighted by atomic mass is 35.5. The van der Waals surface area contributed by atoms with Gasteiger partial charge in [-0.15, -0.1) is 22.7 Å². The van der Waals surface area contributed by atoms with Crippen LogP contribution < -0.4 is 10.6 Å². The number of aliphatic hydroxyl groups excluding tert-OH is 2. The largest absolute Gasteiger partial charge is 0.396 e. The Kier molecular flexibility index (Phi) is 7.10. The lowest BCUT2D eigenvalue weighted by molar-refractivity contribution is -0.143. The number of carbonyl (C=O) groups is 2. The number of amides is 2. The van der Waals surface area contributed by atoms with Gasteiger partial charge in [0, 0.05) is 46.0 Å². The Morgan fingerprint density at radius 3 is 2.73 bits per heavy atom. The van der Waals surface area contributed by atoms with Crippen LogP contribution in [0.3, 0.4) is 0 Å². The van der Waals surface area contributed by atoms with Crippen molar-refractivity contribution in [2.24, 2.45) is 16.7 Å². The molecule has 0 saturated heterocycles. The van der Waals surface area contributed by atoms with Crippen molar-refractivity contribution in [3.63, 3.8) is 0 Å². The molecule has 0 aromatic carbocycles. The molecule has 1 saturated carbocycles. The fourth-order valence-corrected chi connectivity index (χ4v) is 7.84. The SMILES string of the molecule is CC1(CO)C(O)CCC2(C)C(CC(=O)Nc3nccs3)c3nc(NC(=O)c4ccnc(Cl)c4)sc3CC12. The third-order valence-electron chi connectivity index (χ3n) is 8.17. The van der Waals surface area contributed by atoms with Crippen molar-refractivity contribution >= 4 is 56.4 Å². The average Bonchev–Trinajstić information content (AvgIpc) is 3.52. The average molecular weight is 562 g/mol. The van der Waals surface area contributed by atoms with E-state index in [2.05, 4.69) is 27.5 Å². The first-order valence-electron chi connectivity index (χ1n) is 12.0. The number of carbonyl (C=O) groups excluding carboxylic acids is 2. The van der Waals surface area contributed by atoms with Gasteiger partial charge in [-0.3, -0.25) is 14.9 Å². The normalized spacial score (nSPS) is 28.7. The van der Waals surface area contributed by atoms with E-state index in [1.54, 1.807) is 17.6 Å². The van der Waals surface area contributed by atoms with Crippen molar-refractivity contribution in [2.75, 3.05) is 17.2 Å². The quantitative estimate of drug-likeness (QED) is 0.328. The summed E-state index contributed by atoms with van der Waals surface area (Å²) in [6.45, 7) is 3.90. The number of pyridine rings is 1. The molecule has 3 aromatic heterocycles. The van der Waals surface area contributed by atoms with E-state index >= 15 is 0 Å². The lowest BCUT2D eigenvalue weighted by Crippen LogP contribution is -2.57. The molecule has 0 radical (unpaired) electrons. The van der Waals surface area contributed by atoms with Crippen LogP contribution in [0.25, 0.3) is 0 Å². The Labute approximate surface area is 227 Å². The number of anilines is 2. The predicted molar refractivity (Wildman–Crippen MR) is 143 cm³/mol. The minimum atomic E-state index is -0.726. The molecule has 5 atom stereocenters. The lowest BCUT2D eigenvalue weighted by Gasteiger charge is -2.58. The van der Waals surface area contributed by atoms with Crippen LogP contribution in [-0.2, 0) is 11.2 Å². The van der Waals surface area contributed by atoms with E-state index in [4.69, 9.17) is 16.6 Å². The Morgan fingerprint density at radius 1 is 1.22 bits per heavy atom. The predicted octanol–water partition coefficient (Wildman–Crippen LogP) is 4.34. The third-order valence-corrected chi connectivity index (χ3v) is 10.1. The molecule has 2 amide bonds. The van der Waals surface area contributed by atoms with Crippen LogP contribution in [0.5, 0.6) is 0 Å². The molecule has 37 heavy (non-hydrogen) atoms. The second-order valence-electron chi connectivity index (χ2n) is 10.3. The first-order valence-corrected chi connectivity index (χ1v) is 14.1. The van der Waals surface area contributed by atoms with E-state index in [0.717, 1.165) is 10.6 Å². The van der Waals surface area contributed by atoms with Gasteiger partial charge in [0.1, 0.15) is 5.15 Å². The van der Waals surface area contributed by atoms with Gasteiger partial charge in [-0.1, -0.05) is 25.4 Å². The molecule has 3 aromatic rings. The highest BCUT2D eigenvalue weighted by molar-refractivity contribution is 7.16. The molecule has 196 valence electrons. The van der Waals surface area contributed by atoms with E-state index in [1.807, 2.05) is 6.92 Å². The van der Waals surface area contributed by atoms with Gasteiger partial charge in [0.15, 0.2) is 10.3 Å². The summed E-state index contributed by atoms with van der Waals surface area (Å²) in [4.78, 5) is 39.8. The molecule has 0 bridgehead atoms. The van der Waals surface area contributed by atoms with Gasteiger partial charge in [-0.05, 0) is 42.7 Å². The standard InChI is InChI=1S/C25H28ClN5O4S2/c1-24-5-3-17(33)25(2,12-32)16(24)11-15-20(14(24)10-19(34)29-22-28-7-8-36-22)30-23(37-15)31-21(35)13-4-6-27-18(26)9-13/h4,6-9,14,16-17,32-33H,3,5,10-12H2,1-2H3,(H,28,29,34)(H,30,31,35). The van der Waals surface area contributed by atoms with Crippen molar-refractivity contribution in [1.82, 2.24) is 15.0 Å². The fraction of sp³-hybridized carbons (Fsp3) is 0.480.